The lowest BCUT2D eigenvalue weighted by atomic mass is 10.0. The van der Waals surface area contributed by atoms with Crippen molar-refractivity contribution in [3.63, 3.8) is 0 Å². The molecule has 6 heteroatoms. The van der Waals surface area contributed by atoms with E-state index in [1.807, 2.05) is 48.5 Å². The molecule has 1 heterocycles. The highest BCUT2D eigenvalue weighted by molar-refractivity contribution is 5.90. The number of ether oxygens (including phenoxy) is 1. The van der Waals surface area contributed by atoms with Crippen LogP contribution in [0.2, 0.25) is 0 Å². The molecule has 0 saturated heterocycles. The highest BCUT2D eigenvalue weighted by Gasteiger charge is 2.11. The molecule has 0 aliphatic carbocycles. The SMILES string of the molecule is COc1cccc(-c2noc(CCC(=O)Nc3ccc(C(C)C)cc3)n2)c1. The number of nitrogens with zero attached hydrogens (tertiary/aromatic N) is 2. The fourth-order valence-corrected chi connectivity index (χ4v) is 2.63. The second-order valence-electron chi connectivity index (χ2n) is 6.57. The third kappa shape index (κ3) is 4.94. The van der Waals surface area contributed by atoms with Gasteiger partial charge >= 0.3 is 0 Å². The Morgan fingerprint density at radius 1 is 1.19 bits per heavy atom. The van der Waals surface area contributed by atoms with E-state index in [1.54, 1.807) is 7.11 Å². The predicted molar refractivity (Wildman–Crippen MR) is 104 cm³/mol. The summed E-state index contributed by atoms with van der Waals surface area (Å²) >= 11 is 0. The third-order valence-electron chi connectivity index (χ3n) is 4.22. The van der Waals surface area contributed by atoms with Crippen molar-refractivity contribution in [2.75, 3.05) is 12.4 Å². The molecule has 140 valence electrons. The summed E-state index contributed by atoms with van der Waals surface area (Å²) in [7, 11) is 1.61. The van der Waals surface area contributed by atoms with Gasteiger partial charge in [-0.25, -0.2) is 0 Å². The molecular weight excluding hydrogens is 342 g/mol. The van der Waals surface area contributed by atoms with Gasteiger partial charge in [-0.1, -0.05) is 43.3 Å². The molecule has 1 aromatic heterocycles. The van der Waals surface area contributed by atoms with E-state index < -0.39 is 0 Å². The first kappa shape index (κ1) is 18.6. The van der Waals surface area contributed by atoms with E-state index in [1.165, 1.54) is 5.56 Å². The number of hydrogen-bond acceptors (Lipinski definition) is 5. The first-order valence-corrected chi connectivity index (χ1v) is 8.92. The number of carbonyl (C=O) groups is 1. The molecule has 3 rings (SSSR count). The van der Waals surface area contributed by atoms with Crippen molar-refractivity contribution in [3.8, 4) is 17.1 Å². The topological polar surface area (TPSA) is 77.2 Å². The summed E-state index contributed by atoms with van der Waals surface area (Å²) in [5.41, 5.74) is 2.83. The van der Waals surface area contributed by atoms with Crippen LogP contribution in [0.5, 0.6) is 5.75 Å². The highest BCUT2D eigenvalue weighted by atomic mass is 16.5. The Morgan fingerprint density at radius 3 is 2.67 bits per heavy atom. The zero-order valence-electron chi connectivity index (χ0n) is 15.7. The molecule has 0 saturated carbocycles. The Bertz CT molecular complexity index is 901. The zero-order valence-corrected chi connectivity index (χ0v) is 15.7. The monoisotopic (exact) mass is 365 g/mol. The van der Waals surface area contributed by atoms with Crippen molar-refractivity contribution in [1.82, 2.24) is 10.1 Å². The van der Waals surface area contributed by atoms with E-state index in [0.717, 1.165) is 17.0 Å². The molecular formula is C21H23N3O3. The van der Waals surface area contributed by atoms with Crippen molar-refractivity contribution < 1.29 is 14.1 Å². The van der Waals surface area contributed by atoms with E-state index >= 15 is 0 Å². The van der Waals surface area contributed by atoms with E-state index in [2.05, 4.69) is 29.3 Å². The van der Waals surface area contributed by atoms with E-state index in [-0.39, 0.29) is 12.3 Å². The molecule has 0 atom stereocenters. The van der Waals surface area contributed by atoms with Crippen LogP contribution >= 0.6 is 0 Å². The van der Waals surface area contributed by atoms with Crippen molar-refractivity contribution in [2.24, 2.45) is 0 Å². The van der Waals surface area contributed by atoms with Crippen molar-refractivity contribution in [2.45, 2.75) is 32.6 Å². The van der Waals surface area contributed by atoms with Crippen LogP contribution in [0.1, 0.15) is 37.6 Å². The zero-order chi connectivity index (χ0) is 19.2. The van der Waals surface area contributed by atoms with Gasteiger partial charge in [0.1, 0.15) is 5.75 Å². The molecule has 2 aromatic carbocycles. The number of methoxy groups -OCH3 is 1. The Balaban J connectivity index is 1.55. The Labute approximate surface area is 158 Å². The molecule has 3 aromatic rings. The Hall–Kier alpha value is -3.15. The van der Waals surface area contributed by atoms with Crippen molar-refractivity contribution in [3.05, 3.63) is 60.0 Å². The third-order valence-corrected chi connectivity index (χ3v) is 4.22. The lowest BCUT2D eigenvalue weighted by molar-refractivity contribution is -0.116. The first-order chi connectivity index (χ1) is 13.0. The van der Waals surface area contributed by atoms with Gasteiger partial charge in [0.2, 0.25) is 17.6 Å². The fourth-order valence-electron chi connectivity index (χ4n) is 2.63. The van der Waals surface area contributed by atoms with Crippen LogP contribution in [0.4, 0.5) is 5.69 Å². The normalized spacial score (nSPS) is 10.8. The summed E-state index contributed by atoms with van der Waals surface area (Å²) in [6.45, 7) is 4.27. The van der Waals surface area contributed by atoms with Crippen LogP contribution in [0.25, 0.3) is 11.4 Å². The van der Waals surface area contributed by atoms with Crippen molar-refractivity contribution >= 4 is 11.6 Å². The van der Waals surface area contributed by atoms with Gasteiger partial charge in [0.05, 0.1) is 7.11 Å². The summed E-state index contributed by atoms with van der Waals surface area (Å²) < 4.78 is 10.5. The molecule has 27 heavy (non-hydrogen) atoms. The van der Waals surface area contributed by atoms with E-state index in [0.29, 0.717) is 24.1 Å². The van der Waals surface area contributed by atoms with Gasteiger partial charge in [-0.3, -0.25) is 4.79 Å². The first-order valence-electron chi connectivity index (χ1n) is 8.92. The molecule has 0 radical (unpaired) electrons. The number of amides is 1. The molecule has 0 aliphatic rings. The number of rotatable bonds is 7. The van der Waals surface area contributed by atoms with Crippen LogP contribution in [0.15, 0.2) is 53.1 Å². The van der Waals surface area contributed by atoms with Gasteiger partial charge in [-0.15, -0.1) is 0 Å². The van der Waals surface area contributed by atoms with E-state index in [4.69, 9.17) is 9.26 Å². The van der Waals surface area contributed by atoms with Gasteiger partial charge in [0.15, 0.2) is 0 Å². The van der Waals surface area contributed by atoms with Crippen molar-refractivity contribution in [1.29, 1.82) is 0 Å². The fraction of sp³-hybridized carbons (Fsp3) is 0.286. The molecule has 6 nitrogen and oxygen atoms in total. The molecule has 0 fully saturated rings. The minimum atomic E-state index is -0.0894. The predicted octanol–water partition coefficient (Wildman–Crippen LogP) is 4.44. The van der Waals surface area contributed by atoms with Crippen LogP contribution in [-0.2, 0) is 11.2 Å². The maximum Gasteiger partial charge on any atom is 0.227 e. The number of anilines is 1. The second-order valence-corrected chi connectivity index (χ2v) is 6.57. The Kier molecular flexibility index (Phi) is 5.86. The lowest BCUT2D eigenvalue weighted by Crippen LogP contribution is -2.12. The van der Waals surface area contributed by atoms with E-state index in [9.17, 15) is 4.79 Å². The number of aryl methyl sites for hydroxylation is 1. The largest absolute Gasteiger partial charge is 0.497 e. The molecule has 0 spiro atoms. The number of carbonyl (C=O) groups excluding carboxylic acids is 1. The summed E-state index contributed by atoms with van der Waals surface area (Å²) in [6, 6.07) is 15.3. The number of benzene rings is 2. The molecule has 1 amide bonds. The second kappa shape index (κ2) is 8.49. The molecule has 1 N–H and O–H groups in total. The van der Waals surface area contributed by atoms with Crippen LogP contribution in [-0.4, -0.2) is 23.2 Å². The maximum absolute atomic E-state index is 12.1. The van der Waals surface area contributed by atoms with Crippen LogP contribution < -0.4 is 10.1 Å². The van der Waals surface area contributed by atoms with Gasteiger partial charge in [0, 0.05) is 24.1 Å². The standard InChI is InChI=1S/C21H23N3O3/c1-14(2)15-7-9-17(10-8-15)22-19(25)11-12-20-23-21(24-27-20)16-5-4-6-18(13-16)26-3/h4-10,13-14H,11-12H2,1-3H3,(H,22,25). The highest BCUT2D eigenvalue weighted by Crippen LogP contribution is 2.21. The minimum Gasteiger partial charge on any atom is -0.497 e. The van der Waals surface area contributed by atoms with Crippen LogP contribution in [0, 0.1) is 0 Å². The summed E-state index contributed by atoms with van der Waals surface area (Å²) in [5.74, 6) is 2.01. The molecule has 0 aliphatic heterocycles. The van der Waals surface area contributed by atoms with Gasteiger partial charge < -0.3 is 14.6 Å². The lowest BCUT2D eigenvalue weighted by Gasteiger charge is -2.08. The summed E-state index contributed by atoms with van der Waals surface area (Å²) in [5, 5.41) is 6.86. The summed E-state index contributed by atoms with van der Waals surface area (Å²) in [6.07, 6.45) is 0.651. The number of hydrogen-bond donors (Lipinski definition) is 1. The average molecular weight is 365 g/mol. The quantitative estimate of drug-likeness (QED) is 0.670. The summed E-state index contributed by atoms with van der Waals surface area (Å²) in [4.78, 5) is 16.5. The minimum absolute atomic E-state index is 0.0894. The molecule has 0 unspecified atom stereocenters. The Morgan fingerprint density at radius 2 is 1.96 bits per heavy atom. The smallest absolute Gasteiger partial charge is 0.227 e. The average Bonchev–Trinajstić information content (AvgIpc) is 3.16. The van der Waals surface area contributed by atoms with Gasteiger partial charge in [-0.05, 0) is 35.7 Å². The number of aromatic nitrogens is 2. The van der Waals surface area contributed by atoms with Gasteiger partial charge in [-0.2, -0.15) is 4.98 Å². The molecule has 0 bridgehead atoms. The number of nitrogens with one attached hydrogen (secondary N) is 1. The van der Waals surface area contributed by atoms with Gasteiger partial charge in [0.25, 0.3) is 0 Å². The maximum atomic E-state index is 12.1. The van der Waals surface area contributed by atoms with Crippen LogP contribution in [0.3, 0.4) is 0 Å².